The van der Waals surface area contributed by atoms with E-state index in [0.717, 1.165) is 5.56 Å². The first kappa shape index (κ1) is 16.8. The predicted molar refractivity (Wildman–Crippen MR) is 85.0 cm³/mol. The average molecular weight is 336 g/mol. The molecule has 0 saturated carbocycles. The molecule has 0 bridgehead atoms. The van der Waals surface area contributed by atoms with Gasteiger partial charge < -0.3 is 9.47 Å². The maximum absolute atomic E-state index is 11.8. The standard InChI is InChI=1S/C16H14ClNO5/c1-11-10-12(17)2-7-15(11)23-16(19)8-9-22-14-5-3-13(4-6-14)18(20)21/h2-7,10H,8-9H2,1H3. The van der Waals surface area contributed by atoms with E-state index in [9.17, 15) is 14.9 Å². The number of ether oxygens (including phenoxy) is 2. The van der Waals surface area contributed by atoms with Crippen molar-refractivity contribution in [2.45, 2.75) is 13.3 Å². The average Bonchev–Trinajstić information content (AvgIpc) is 2.50. The van der Waals surface area contributed by atoms with Gasteiger partial charge in [-0.25, -0.2) is 0 Å². The van der Waals surface area contributed by atoms with Crippen molar-refractivity contribution in [1.82, 2.24) is 0 Å². The lowest BCUT2D eigenvalue weighted by atomic mass is 10.2. The SMILES string of the molecule is Cc1cc(Cl)ccc1OC(=O)CCOc1ccc([N+](=O)[O-])cc1. The molecule has 2 aromatic carbocycles. The number of nitro groups is 1. The van der Waals surface area contributed by atoms with Crippen LogP contribution in [0.1, 0.15) is 12.0 Å². The topological polar surface area (TPSA) is 78.7 Å². The third-order valence-electron chi connectivity index (χ3n) is 2.98. The lowest BCUT2D eigenvalue weighted by Gasteiger charge is -2.08. The molecule has 6 nitrogen and oxygen atoms in total. The van der Waals surface area contributed by atoms with Gasteiger partial charge in [-0.15, -0.1) is 0 Å². The number of hydrogen-bond acceptors (Lipinski definition) is 5. The number of carbonyl (C=O) groups is 1. The van der Waals surface area contributed by atoms with E-state index in [-0.39, 0.29) is 18.7 Å². The summed E-state index contributed by atoms with van der Waals surface area (Å²) in [6.45, 7) is 1.91. The molecule has 0 atom stereocenters. The summed E-state index contributed by atoms with van der Waals surface area (Å²) in [7, 11) is 0. The van der Waals surface area contributed by atoms with Crippen molar-refractivity contribution in [3.8, 4) is 11.5 Å². The van der Waals surface area contributed by atoms with Crippen LogP contribution >= 0.6 is 11.6 Å². The van der Waals surface area contributed by atoms with Gasteiger partial charge in [0, 0.05) is 17.2 Å². The Hall–Kier alpha value is -2.60. The van der Waals surface area contributed by atoms with Crippen LogP contribution in [0.2, 0.25) is 5.02 Å². The molecule has 0 aliphatic rings. The molecule has 0 heterocycles. The molecule has 2 rings (SSSR count). The molecular weight excluding hydrogens is 322 g/mol. The molecule has 0 unspecified atom stereocenters. The Kier molecular flexibility index (Phi) is 5.54. The maximum Gasteiger partial charge on any atom is 0.314 e. The monoisotopic (exact) mass is 335 g/mol. The molecular formula is C16H14ClNO5. The summed E-state index contributed by atoms with van der Waals surface area (Å²) < 4.78 is 10.6. The predicted octanol–water partition coefficient (Wildman–Crippen LogP) is 3.93. The number of benzene rings is 2. The third-order valence-corrected chi connectivity index (χ3v) is 3.22. The highest BCUT2D eigenvalue weighted by atomic mass is 35.5. The van der Waals surface area contributed by atoms with Crippen LogP contribution in [0.4, 0.5) is 5.69 Å². The molecule has 0 amide bonds. The summed E-state index contributed by atoms with van der Waals surface area (Å²) in [6, 6.07) is 10.6. The minimum atomic E-state index is -0.490. The van der Waals surface area contributed by atoms with E-state index in [4.69, 9.17) is 21.1 Å². The lowest BCUT2D eigenvalue weighted by Crippen LogP contribution is -2.13. The van der Waals surface area contributed by atoms with E-state index in [1.807, 2.05) is 0 Å². The minimum Gasteiger partial charge on any atom is -0.493 e. The normalized spacial score (nSPS) is 10.2. The first-order valence-electron chi connectivity index (χ1n) is 6.80. The molecule has 23 heavy (non-hydrogen) atoms. The van der Waals surface area contributed by atoms with Crippen LogP contribution in [0.25, 0.3) is 0 Å². The third kappa shape index (κ3) is 4.96. The zero-order chi connectivity index (χ0) is 16.8. The minimum absolute atomic E-state index is 0.0185. The second-order valence-electron chi connectivity index (χ2n) is 4.73. The van der Waals surface area contributed by atoms with Crippen molar-refractivity contribution in [3.05, 3.63) is 63.2 Å². The van der Waals surface area contributed by atoms with Crippen molar-refractivity contribution >= 4 is 23.3 Å². The Morgan fingerprint density at radius 3 is 2.52 bits per heavy atom. The maximum atomic E-state index is 11.8. The number of rotatable bonds is 6. The van der Waals surface area contributed by atoms with Gasteiger partial charge >= 0.3 is 5.97 Å². The number of carbonyl (C=O) groups excluding carboxylic acids is 1. The van der Waals surface area contributed by atoms with Crippen molar-refractivity contribution in [3.63, 3.8) is 0 Å². The number of nitro benzene ring substituents is 1. The van der Waals surface area contributed by atoms with E-state index >= 15 is 0 Å². The number of non-ortho nitro benzene ring substituents is 1. The Bertz CT molecular complexity index is 715. The molecule has 0 spiro atoms. The smallest absolute Gasteiger partial charge is 0.314 e. The van der Waals surface area contributed by atoms with Gasteiger partial charge in [0.15, 0.2) is 0 Å². The molecule has 120 valence electrons. The van der Waals surface area contributed by atoms with Gasteiger partial charge in [-0.05, 0) is 42.8 Å². The van der Waals surface area contributed by atoms with E-state index in [2.05, 4.69) is 0 Å². The zero-order valence-corrected chi connectivity index (χ0v) is 13.1. The van der Waals surface area contributed by atoms with Crippen LogP contribution in [0.3, 0.4) is 0 Å². The molecule has 7 heteroatoms. The van der Waals surface area contributed by atoms with Crippen molar-refractivity contribution in [2.75, 3.05) is 6.61 Å². The quantitative estimate of drug-likeness (QED) is 0.346. The van der Waals surface area contributed by atoms with Crippen LogP contribution in [0.15, 0.2) is 42.5 Å². The summed E-state index contributed by atoms with van der Waals surface area (Å²) in [5, 5.41) is 11.1. The fraction of sp³-hybridized carbons (Fsp3) is 0.188. The second-order valence-corrected chi connectivity index (χ2v) is 5.17. The molecule has 0 fully saturated rings. The van der Waals surface area contributed by atoms with Gasteiger partial charge in [0.25, 0.3) is 5.69 Å². The highest BCUT2D eigenvalue weighted by Crippen LogP contribution is 2.22. The summed E-state index contributed by atoms with van der Waals surface area (Å²) in [6.07, 6.45) is 0.0546. The van der Waals surface area contributed by atoms with Gasteiger partial charge in [0.2, 0.25) is 0 Å². The molecule has 2 aromatic rings. The van der Waals surface area contributed by atoms with E-state index in [1.54, 1.807) is 25.1 Å². The number of aryl methyl sites for hydroxylation is 1. The Labute approximate surface area is 137 Å². The molecule has 0 radical (unpaired) electrons. The highest BCUT2D eigenvalue weighted by molar-refractivity contribution is 6.30. The molecule has 0 saturated heterocycles. The highest BCUT2D eigenvalue weighted by Gasteiger charge is 2.09. The lowest BCUT2D eigenvalue weighted by molar-refractivity contribution is -0.384. The van der Waals surface area contributed by atoms with Crippen LogP contribution < -0.4 is 9.47 Å². The molecule has 0 aliphatic carbocycles. The first-order valence-corrected chi connectivity index (χ1v) is 7.17. The van der Waals surface area contributed by atoms with Crippen LogP contribution in [-0.4, -0.2) is 17.5 Å². The summed E-state index contributed by atoms with van der Waals surface area (Å²) in [5.74, 6) is 0.471. The Balaban J connectivity index is 1.81. The number of esters is 1. The van der Waals surface area contributed by atoms with Gasteiger partial charge in [-0.2, -0.15) is 0 Å². The van der Waals surface area contributed by atoms with Gasteiger partial charge in [-0.3, -0.25) is 14.9 Å². The van der Waals surface area contributed by atoms with Gasteiger partial charge in [0.1, 0.15) is 11.5 Å². The zero-order valence-electron chi connectivity index (χ0n) is 12.3. The van der Waals surface area contributed by atoms with Gasteiger partial charge in [0.05, 0.1) is 18.0 Å². The molecule has 0 N–H and O–H groups in total. The second kappa shape index (κ2) is 7.60. The Morgan fingerprint density at radius 1 is 1.22 bits per heavy atom. The number of hydrogen-bond donors (Lipinski definition) is 0. The fourth-order valence-electron chi connectivity index (χ4n) is 1.82. The van der Waals surface area contributed by atoms with Crippen molar-refractivity contribution < 1.29 is 19.2 Å². The van der Waals surface area contributed by atoms with E-state index in [1.165, 1.54) is 24.3 Å². The molecule has 0 aliphatic heterocycles. The van der Waals surface area contributed by atoms with Crippen molar-refractivity contribution in [1.29, 1.82) is 0 Å². The molecule has 0 aromatic heterocycles. The first-order chi connectivity index (χ1) is 11.0. The number of halogens is 1. The summed E-state index contributed by atoms with van der Waals surface area (Å²) in [5.41, 5.74) is 0.747. The Morgan fingerprint density at radius 2 is 1.91 bits per heavy atom. The van der Waals surface area contributed by atoms with Crippen molar-refractivity contribution in [2.24, 2.45) is 0 Å². The largest absolute Gasteiger partial charge is 0.493 e. The van der Waals surface area contributed by atoms with Crippen LogP contribution in [0.5, 0.6) is 11.5 Å². The summed E-state index contributed by atoms with van der Waals surface area (Å²) in [4.78, 5) is 21.8. The van der Waals surface area contributed by atoms with Gasteiger partial charge in [-0.1, -0.05) is 11.6 Å². The van der Waals surface area contributed by atoms with E-state index < -0.39 is 10.9 Å². The van der Waals surface area contributed by atoms with Crippen LogP contribution in [0, 0.1) is 17.0 Å². The number of nitrogens with zero attached hydrogens (tertiary/aromatic N) is 1. The van der Waals surface area contributed by atoms with E-state index in [0.29, 0.717) is 16.5 Å². The van der Waals surface area contributed by atoms with Crippen LogP contribution in [-0.2, 0) is 4.79 Å². The summed E-state index contributed by atoms with van der Waals surface area (Å²) >= 11 is 5.83. The fourth-order valence-corrected chi connectivity index (χ4v) is 2.04.